The summed E-state index contributed by atoms with van der Waals surface area (Å²) in [7, 11) is 0. The standard InChI is InChI=1S/C28H44N4O5/c1-18(2)17-23(31-27(36)37-28(5,6)7)26(35)32-15-13-22(14-16-32)25(34)30-20(4)24(33)29-19(3)21-11-9-8-10-12-21/h8-12,18-20,22-23H,13-17H2,1-7H3,(H,29,33)(H,30,34)(H,31,36)/t19?,20-,23-/m0/s1. The fourth-order valence-electron chi connectivity index (χ4n) is 4.29. The first-order valence-corrected chi connectivity index (χ1v) is 13.2. The lowest BCUT2D eigenvalue weighted by Crippen LogP contribution is -2.53. The number of amides is 4. The summed E-state index contributed by atoms with van der Waals surface area (Å²) >= 11 is 0. The summed E-state index contributed by atoms with van der Waals surface area (Å²) in [6.07, 6.45) is 0.863. The molecule has 1 unspecified atom stereocenters. The van der Waals surface area contributed by atoms with Gasteiger partial charge in [-0.05, 0) is 65.4 Å². The van der Waals surface area contributed by atoms with Crippen molar-refractivity contribution in [2.45, 2.75) is 91.5 Å². The van der Waals surface area contributed by atoms with Gasteiger partial charge in [-0.2, -0.15) is 0 Å². The Balaban J connectivity index is 1.86. The Morgan fingerprint density at radius 1 is 0.946 bits per heavy atom. The molecule has 1 heterocycles. The third-order valence-corrected chi connectivity index (χ3v) is 6.28. The Labute approximate surface area is 221 Å². The maximum atomic E-state index is 13.2. The van der Waals surface area contributed by atoms with Crippen LogP contribution < -0.4 is 16.0 Å². The molecule has 0 radical (unpaired) electrons. The van der Waals surface area contributed by atoms with Crippen molar-refractivity contribution < 1.29 is 23.9 Å². The highest BCUT2D eigenvalue weighted by molar-refractivity contribution is 5.89. The van der Waals surface area contributed by atoms with Gasteiger partial charge in [0.25, 0.3) is 0 Å². The van der Waals surface area contributed by atoms with E-state index in [0.29, 0.717) is 32.4 Å². The molecule has 206 valence electrons. The summed E-state index contributed by atoms with van der Waals surface area (Å²) in [4.78, 5) is 52.6. The van der Waals surface area contributed by atoms with E-state index in [0.717, 1.165) is 5.56 Å². The van der Waals surface area contributed by atoms with Gasteiger partial charge in [0.05, 0.1) is 6.04 Å². The normalized spacial score (nSPS) is 16.9. The Morgan fingerprint density at radius 2 is 1.54 bits per heavy atom. The molecule has 9 heteroatoms. The quantitative estimate of drug-likeness (QED) is 0.464. The van der Waals surface area contributed by atoms with Crippen LogP contribution in [0.15, 0.2) is 30.3 Å². The SMILES string of the molecule is CC(C)C[C@H](NC(=O)OC(C)(C)C)C(=O)N1CCC(C(=O)N[C@@H](C)C(=O)NC(C)c2ccccc2)CC1. The predicted octanol–water partition coefficient (Wildman–Crippen LogP) is 3.55. The average molecular weight is 517 g/mol. The molecular formula is C28H44N4O5. The Hall–Kier alpha value is -3.10. The zero-order valence-corrected chi connectivity index (χ0v) is 23.3. The van der Waals surface area contributed by atoms with Gasteiger partial charge in [-0.3, -0.25) is 14.4 Å². The molecular weight excluding hydrogens is 472 g/mol. The van der Waals surface area contributed by atoms with Crippen LogP contribution in [0.25, 0.3) is 0 Å². The van der Waals surface area contributed by atoms with E-state index in [4.69, 9.17) is 4.74 Å². The number of nitrogens with one attached hydrogen (secondary N) is 3. The largest absolute Gasteiger partial charge is 0.444 e. The summed E-state index contributed by atoms with van der Waals surface area (Å²) in [5, 5.41) is 8.48. The molecule has 9 nitrogen and oxygen atoms in total. The van der Waals surface area contributed by atoms with Crippen LogP contribution in [0.3, 0.4) is 0 Å². The molecule has 4 amide bonds. The summed E-state index contributed by atoms with van der Waals surface area (Å²) in [6.45, 7) is 13.7. The lowest BCUT2D eigenvalue weighted by atomic mass is 9.94. The van der Waals surface area contributed by atoms with Gasteiger partial charge in [0.15, 0.2) is 0 Å². The summed E-state index contributed by atoms with van der Waals surface area (Å²) in [5.41, 5.74) is 0.331. The average Bonchev–Trinajstić information content (AvgIpc) is 2.82. The molecule has 1 aliphatic rings. The third-order valence-electron chi connectivity index (χ3n) is 6.28. The first kappa shape index (κ1) is 30.1. The molecule has 0 aliphatic carbocycles. The molecule has 1 saturated heterocycles. The van der Waals surface area contributed by atoms with Crippen molar-refractivity contribution in [3.8, 4) is 0 Å². The van der Waals surface area contributed by atoms with Gasteiger partial charge in [-0.15, -0.1) is 0 Å². The van der Waals surface area contributed by atoms with Gasteiger partial charge in [0.2, 0.25) is 17.7 Å². The fourth-order valence-corrected chi connectivity index (χ4v) is 4.29. The minimum absolute atomic E-state index is 0.166. The van der Waals surface area contributed by atoms with Crippen molar-refractivity contribution in [2.75, 3.05) is 13.1 Å². The van der Waals surface area contributed by atoms with Crippen LogP contribution in [0, 0.1) is 11.8 Å². The van der Waals surface area contributed by atoms with Crippen LogP contribution in [-0.4, -0.2) is 59.5 Å². The number of hydrogen-bond donors (Lipinski definition) is 3. The van der Waals surface area contributed by atoms with Gasteiger partial charge in [0.1, 0.15) is 17.7 Å². The number of alkyl carbamates (subject to hydrolysis) is 1. The van der Waals surface area contributed by atoms with Crippen molar-refractivity contribution >= 4 is 23.8 Å². The fraction of sp³-hybridized carbons (Fsp3) is 0.643. The number of piperidine rings is 1. The Bertz CT molecular complexity index is 920. The first-order chi connectivity index (χ1) is 17.3. The highest BCUT2D eigenvalue weighted by atomic mass is 16.6. The van der Waals surface area contributed by atoms with Crippen LogP contribution >= 0.6 is 0 Å². The van der Waals surface area contributed by atoms with Gasteiger partial charge in [-0.25, -0.2) is 4.79 Å². The first-order valence-electron chi connectivity index (χ1n) is 13.2. The second-order valence-electron chi connectivity index (χ2n) is 11.3. The molecule has 3 atom stereocenters. The maximum absolute atomic E-state index is 13.2. The second kappa shape index (κ2) is 13.4. The van der Waals surface area contributed by atoms with Gasteiger partial charge in [-0.1, -0.05) is 44.2 Å². The molecule has 1 aliphatic heterocycles. The zero-order chi connectivity index (χ0) is 27.8. The molecule has 0 aromatic heterocycles. The summed E-state index contributed by atoms with van der Waals surface area (Å²) in [5.74, 6) is -0.687. The molecule has 37 heavy (non-hydrogen) atoms. The number of likely N-dealkylation sites (tertiary alicyclic amines) is 1. The van der Waals surface area contributed by atoms with E-state index in [2.05, 4.69) is 16.0 Å². The van der Waals surface area contributed by atoms with Crippen LogP contribution in [0.5, 0.6) is 0 Å². The lowest BCUT2D eigenvalue weighted by Gasteiger charge is -2.34. The van der Waals surface area contributed by atoms with Crippen molar-refractivity contribution in [1.29, 1.82) is 0 Å². The Morgan fingerprint density at radius 3 is 2.08 bits per heavy atom. The second-order valence-corrected chi connectivity index (χ2v) is 11.3. The third kappa shape index (κ3) is 10.1. The maximum Gasteiger partial charge on any atom is 0.408 e. The van der Waals surface area contributed by atoms with Crippen LogP contribution in [0.1, 0.15) is 79.3 Å². The lowest BCUT2D eigenvalue weighted by molar-refractivity contribution is -0.138. The van der Waals surface area contributed by atoms with Gasteiger partial charge in [0, 0.05) is 19.0 Å². The number of nitrogens with zero attached hydrogens (tertiary/aromatic N) is 1. The minimum Gasteiger partial charge on any atom is -0.444 e. The summed E-state index contributed by atoms with van der Waals surface area (Å²) < 4.78 is 5.33. The highest BCUT2D eigenvalue weighted by Gasteiger charge is 2.33. The molecule has 0 spiro atoms. The molecule has 2 rings (SSSR count). The number of carbonyl (C=O) groups excluding carboxylic acids is 4. The van der Waals surface area contributed by atoms with Crippen LogP contribution in [0.4, 0.5) is 4.79 Å². The smallest absolute Gasteiger partial charge is 0.408 e. The molecule has 1 fully saturated rings. The van der Waals surface area contributed by atoms with Crippen LogP contribution in [0.2, 0.25) is 0 Å². The van der Waals surface area contributed by atoms with Gasteiger partial charge < -0.3 is 25.6 Å². The summed E-state index contributed by atoms with van der Waals surface area (Å²) in [6, 6.07) is 8.10. The van der Waals surface area contributed by atoms with Gasteiger partial charge >= 0.3 is 6.09 Å². The Kier molecular flexibility index (Phi) is 10.9. The van der Waals surface area contributed by atoms with Crippen molar-refractivity contribution in [3.05, 3.63) is 35.9 Å². The highest BCUT2D eigenvalue weighted by Crippen LogP contribution is 2.20. The van der Waals surface area contributed by atoms with E-state index < -0.39 is 23.8 Å². The molecule has 3 N–H and O–H groups in total. The molecule has 0 saturated carbocycles. The number of ether oxygens (including phenoxy) is 1. The predicted molar refractivity (Wildman–Crippen MR) is 143 cm³/mol. The van der Waals surface area contributed by atoms with E-state index in [1.807, 2.05) is 51.1 Å². The van der Waals surface area contributed by atoms with Crippen LogP contribution in [-0.2, 0) is 19.1 Å². The molecule has 1 aromatic carbocycles. The van der Waals surface area contributed by atoms with E-state index >= 15 is 0 Å². The minimum atomic E-state index is -0.685. The molecule has 1 aromatic rings. The number of carbonyl (C=O) groups is 4. The van der Waals surface area contributed by atoms with E-state index in [1.165, 1.54) is 0 Å². The van der Waals surface area contributed by atoms with Crippen molar-refractivity contribution in [2.24, 2.45) is 11.8 Å². The van der Waals surface area contributed by atoms with Crippen molar-refractivity contribution in [3.63, 3.8) is 0 Å². The number of hydrogen-bond acceptors (Lipinski definition) is 5. The zero-order valence-electron chi connectivity index (χ0n) is 23.3. The van der Waals surface area contributed by atoms with E-state index in [9.17, 15) is 19.2 Å². The number of benzene rings is 1. The topological polar surface area (TPSA) is 117 Å². The monoisotopic (exact) mass is 516 g/mol. The number of rotatable bonds is 9. The van der Waals surface area contributed by atoms with E-state index in [1.54, 1.807) is 32.6 Å². The van der Waals surface area contributed by atoms with Crippen molar-refractivity contribution in [1.82, 2.24) is 20.9 Å². The molecule has 0 bridgehead atoms. The van der Waals surface area contributed by atoms with E-state index in [-0.39, 0.29) is 35.6 Å².